The first-order valence-electron chi connectivity index (χ1n) is 7.97. The first kappa shape index (κ1) is 14.5. The van der Waals surface area contributed by atoms with Crippen LogP contribution in [0.2, 0.25) is 0 Å². The molecular formula is C19H17N3O2. The molecule has 0 spiro atoms. The molecule has 1 amide bonds. The van der Waals surface area contributed by atoms with Gasteiger partial charge < -0.3 is 10.4 Å². The Bertz CT molecular complexity index is 883. The summed E-state index contributed by atoms with van der Waals surface area (Å²) in [5.74, 6) is 0.199. The largest absolute Gasteiger partial charge is 0.506 e. The number of phenolic OH excluding ortho intramolecular Hbond substituents is 1. The van der Waals surface area contributed by atoms with Crippen molar-refractivity contribution in [3.8, 4) is 11.4 Å². The van der Waals surface area contributed by atoms with E-state index in [2.05, 4.69) is 10.4 Å². The third-order valence-electron chi connectivity index (χ3n) is 4.11. The molecule has 0 unspecified atom stereocenters. The van der Waals surface area contributed by atoms with Crippen molar-refractivity contribution in [3.05, 3.63) is 72.1 Å². The van der Waals surface area contributed by atoms with Gasteiger partial charge in [-0.1, -0.05) is 30.3 Å². The van der Waals surface area contributed by atoms with Gasteiger partial charge in [0.05, 0.1) is 17.1 Å². The molecule has 1 aliphatic carbocycles. The number of rotatable bonds is 4. The zero-order chi connectivity index (χ0) is 16.5. The van der Waals surface area contributed by atoms with Gasteiger partial charge in [-0.2, -0.15) is 5.10 Å². The van der Waals surface area contributed by atoms with Crippen molar-refractivity contribution >= 4 is 11.6 Å². The van der Waals surface area contributed by atoms with Gasteiger partial charge in [0.25, 0.3) is 5.91 Å². The highest BCUT2D eigenvalue weighted by molar-refractivity contribution is 6.04. The molecule has 4 rings (SSSR count). The Morgan fingerprint density at radius 1 is 1.08 bits per heavy atom. The van der Waals surface area contributed by atoms with Gasteiger partial charge in [-0.25, -0.2) is 4.68 Å². The molecule has 5 heteroatoms. The summed E-state index contributed by atoms with van der Waals surface area (Å²) in [5, 5.41) is 17.2. The van der Waals surface area contributed by atoms with Crippen LogP contribution in [-0.4, -0.2) is 20.8 Å². The molecule has 3 aromatic rings. The van der Waals surface area contributed by atoms with Crippen LogP contribution in [0, 0.1) is 0 Å². The zero-order valence-corrected chi connectivity index (χ0v) is 13.0. The van der Waals surface area contributed by atoms with Crippen LogP contribution < -0.4 is 5.32 Å². The number of hydrogen-bond donors (Lipinski definition) is 2. The number of carbonyl (C=O) groups is 1. The molecule has 0 aliphatic heterocycles. The fourth-order valence-electron chi connectivity index (χ4n) is 2.67. The number of phenols is 1. The maximum atomic E-state index is 12.7. The summed E-state index contributed by atoms with van der Waals surface area (Å²) < 4.78 is 1.67. The molecule has 0 saturated heterocycles. The molecule has 2 N–H and O–H groups in total. The predicted molar refractivity (Wildman–Crippen MR) is 91.6 cm³/mol. The highest BCUT2D eigenvalue weighted by Gasteiger charge is 2.29. The number of nitrogens with one attached hydrogen (secondary N) is 1. The van der Waals surface area contributed by atoms with Gasteiger partial charge in [-0.15, -0.1) is 0 Å². The van der Waals surface area contributed by atoms with Gasteiger partial charge in [0.15, 0.2) is 0 Å². The zero-order valence-electron chi connectivity index (χ0n) is 13.0. The normalized spacial score (nSPS) is 13.7. The Balaban J connectivity index is 1.71. The number of benzene rings is 2. The molecule has 2 aromatic carbocycles. The first-order valence-corrected chi connectivity index (χ1v) is 7.97. The van der Waals surface area contributed by atoms with E-state index in [9.17, 15) is 9.90 Å². The van der Waals surface area contributed by atoms with Crippen LogP contribution in [-0.2, 0) is 0 Å². The minimum Gasteiger partial charge on any atom is -0.506 e. The summed E-state index contributed by atoms with van der Waals surface area (Å²) in [6.07, 6.45) is 2.23. The highest BCUT2D eigenvalue weighted by atomic mass is 16.3. The number of aromatic hydroxyl groups is 1. The van der Waals surface area contributed by atoms with Crippen LogP contribution in [0.25, 0.3) is 5.69 Å². The van der Waals surface area contributed by atoms with Crippen molar-refractivity contribution in [2.75, 3.05) is 5.32 Å². The van der Waals surface area contributed by atoms with Crippen LogP contribution in [0.3, 0.4) is 0 Å². The van der Waals surface area contributed by atoms with Crippen molar-refractivity contribution in [1.82, 2.24) is 9.78 Å². The van der Waals surface area contributed by atoms with Gasteiger partial charge in [-0.3, -0.25) is 4.79 Å². The summed E-state index contributed by atoms with van der Waals surface area (Å²) in [4.78, 5) is 12.7. The Morgan fingerprint density at radius 3 is 2.50 bits per heavy atom. The third-order valence-corrected chi connectivity index (χ3v) is 4.11. The van der Waals surface area contributed by atoms with Crippen LogP contribution >= 0.6 is 0 Å². The van der Waals surface area contributed by atoms with Gasteiger partial charge in [0, 0.05) is 5.92 Å². The molecule has 1 saturated carbocycles. The number of anilines is 1. The molecule has 24 heavy (non-hydrogen) atoms. The number of carbonyl (C=O) groups excluding carboxylic acids is 1. The monoisotopic (exact) mass is 319 g/mol. The average Bonchev–Trinajstić information content (AvgIpc) is 3.36. The molecule has 1 heterocycles. The van der Waals surface area contributed by atoms with Crippen molar-refractivity contribution < 1.29 is 9.90 Å². The lowest BCUT2D eigenvalue weighted by Gasteiger charge is -2.09. The molecule has 1 aliphatic rings. The standard InChI is InChI=1S/C19H17N3O2/c23-18-9-5-4-8-15(18)20-19(24)17-12-16(13-10-11-13)21-22(17)14-6-2-1-3-7-14/h1-9,12-13,23H,10-11H2,(H,20,24). The van der Waals surface area contributed by atoms with E-state index in [1.807, 2.05) is 36.4 Å². The Kier molecular flexibility index (Phi) is 3.54. The number of hydrogen-bond acceptors (Lipinski definition) is 3. The summed E-state index contributed by atoms with van der Waals surface area (Å²) in [6.45, 7) is 0. The van der Waals surface area contributed by atoms with E-state index >= 15 is 0 Å². The van der Waals surface area contributed by atoms with E-state index in [4.69, 9.17) is 0 Å². The fraction of sp³-hybridized carbons (Fsp3) is 0.158. The molecular weight excluding hydrogens is 302 g/mol. The molecule has 5 nitrogen and oxygen atoms in total. The van der Waals surface area contributed by atoms with Gasteiger partial charge in [-0.05, 0) is 43.2 Å². The molecule has 120 valence electrons. The Labute approximate surface area is 139 Å². The van der Waals surface area contributed by atoms with E-state index in [1.165, 1.54) is 0 Å². The van der Waals surface area contributed by atoms with Crippen LogP contribution in [0.4, 0.5) is 5.69 Å². The van der Waals surface area contributed by atoms with E-state index in [1.54, 1.807) is 28.9 Å². The lowest BCUT2D eigenvalue weighted by atomic mass is 10.2. The van der Waals surface area contributed by atoms with E-state index in [0.717, 1.165) is 24.2 Å². The Hall–Kier alpha value is -3.08. The second-order valence-corrected chi connectivity index (χ2v) is 5.95. The van der Waals surface area contributed by atoms with Gasteiger partial charge >= 0.3 is 0 Å². The van der Waals surface area contributed by atoms with Gasteiger partial charge in [0.1, 0.15) is 11.4 Å². The third kappa shape index (κ3) is 2.76. The van der Waals surface area contributed by atoms with Gasteiger partial charge in [0.2, 0.25) is 0 Å². The predicted octanol–water partition coefficient (Wildman–Crippen LogP) is 3.71. The lowest BCUT2D eigenvalue weighted by molar-refractivity contribution is 0.101. The summed E-state index contributed by atoms with van der Waals surface area (Å²) in [7, 11) is 0. The SMILES string of the molecule is O=C(Nc1ccccc1O)c1cc(C2CC2)nn1-c1ccccc1. The highest BCUT2D eigenvalue weighted by Crippen LogP contribution is 2.39. The van der Waals surface area contributed by atoms with E-state index < -0.39 is 0 Å². The summed E-state index contributed by atoms with van der Waals surface area (Å²) in [5.41, 5.74) is 2.63. The van der Waals surface area contributed by atoms with Crippen LogP contribution in [0.5, 0.6) is 5.75 Å². The van der Waals surface area contributed by atoms with Crippen molar-refractivity contribution in [3.63, 3.8) is 0 Å². The number of aromatic nitrogens is 2. The van der Waals surface area contributed by atoms with Crippen molar-refractivity contribution in [1.29, 1.82) is 0 Å². The molecule has 0 radical (unpaired) electrons. The maximum absolute atomic E-state index is 12.7. The van der Waals surface area contributed by atoms with Crippen LogP contribution in [0.15, 0.2) is 60.7 Å². The van der Waals surface area contributed by atoms with E-state index in [0.29, 0.717) is 17.3 Å². The number of amides is 1. The topological polar surface area (TPSA) is 67.2 Å². The smallest absolute Gasteiger partial charge is 0.274 e. The van der Waals surface area contributed by atoms with Crippen LogP contribution in [0.1, 0.15) is 34.9 Å². The quantitative estimate of drug-likeness (QED) is 0.720. The Morgan fingerprint density at radius 2 is 1.79 bits per heavy atom. The van der Waals surface area contributed by atoms with E-state index in [-0.39, 0.29) is 11.7 Å². The maximum Gasteiger partial charge on any atom is 0.274 e. The number of nitrogens with zero attached hydrogens (tertiary/aromatic N) is 2. The second kappa shape index (κ2) is 5.85. The number of para-hydroxylation sites is 3. The molecule has 0 atom stereocenters. The minimum atomic E-state index is -0.292. The minimum absolute atomic E-state index is 0.0408. The summed E-state index contributed by atoms with van der Waals surface area (Å²) in [6, 6.07) is 18.1. The molecule has 1 aromatic heterocycles. The summed E-state index contributed by atoms with van der Waals surface area (Å²) >= 11 is 0. The first-order chi connectivity index (χ1) is 11.7. The fourth-order valence-corrected chi connectivity index (χ4v) is 2.67. The molecule has 1 fully saturated rings. The van der Waals surface area contributed by atoms with Crippen molar-refractivity contribution in [2.45, 2.75) is 18.8 Å². The van der Waals surface area contributed by atoms with Crippen molar-refractivity contribution in [2.24, 2.45) is 0 Å². The molecule has 0 bridgehead atoms. The second-order valence-electron chi connectivity index (χ2n) is 5.95. The lowest BCUT2D eigenvalue weighted by Crippen LogP contribution is -2.17. The average molecular weight is 319 g/mol.